The van der Waals surface area contributed by atoms with Crippen molar-refractivity contribution < 1.29 is 24.2 Å². The maximum Gasteiger partial charge on any atom is 0.317 e. The summed E-state index contributed by atoms with van der Waals surface area (Å²) in [5.41, 5.74) is 0. The van der Waals surface area contributed by atoms with Gasteiger partial charge >= 0.3 is 12.0 Å². The zero-order valence-corrected chi connectivity index (χ0v) is 10.7. The molecule has 1 unspecified atom stereocenters. The Labute approximate surface area is 106 Å². The second-order valence-electron chi connectivity index (χ2n) is 4.37. The Kier molecular flexibility index (Phi) is 5.87. The molecule has 1 rings (SSSR count). The lowest BCUT2D eigenvalue weighted by atomic mass is 9.97. The number of hydrogen-bond acceptors (Lipinski definition) is 4. The minimum atomic E-state index is -0.820. The number of nitrogens with zero attached hydrogens (tertiary/aromatic N) is 1. The average Bonchev–Trinajstić information content (AvgIpc) is 2.27. The van der Waals surface area contributed by atoms with Gasteiger partial charge in [-0.05, 0) is 0 Å². The van der Waals surface area contributed by atoms with Crippen molar-refractivity contribution in [2.24, 2.45) is 5.92 Å². The molecule has 1 fully saturated rings. The Morgan fingerprint density at radius 3 is 2.61 bits per heavy atom. The molecule has 2 N–H and O–H groups in total. The summed E-state index contributed by atoms with van der Waals surface area (Å²) >= 11 is 0. The molecule has 104 valence electrons. The first-order valence-electron chi connectivity index (χ1n) is 5.83. The highest BCUT2D eigenvalue weighted by Gasteiger charge is 2.32. The van der Waals surface area contributed by atoms with E-state index < -0.39 is 5.97 Å². The monoisotopic (exact) mass is 260 g/mol. The Hall–Kier alpha value is -1.34. The number of hydrogen-bond donors (Lipinski definition) is 2. The first-order valence-corrected chi connectivity index (χ1v) is 5.83. The SMILES string of the molecule is COCC(CNC(=O)N1CC(CC(=O)O)C1)OC. The summed E-state index contributed by atoms with van der Waals surface area (Å²) in [5.74, 6) is -0.745. The topological polar surface area (TPSA) is 88.1 Å². The molecule has 2 amide bonds. The van der Waals surface area contributed by atoms with Crippen LogP contribution in [0.3, 0.4) is 0 Å². The van der Waals surface area contributed by atoms with Crippen molar-refractivity contribution in [3.05, 3.63) is 0 Å². The van der Waals surface area contributed by atoms with Crippen molar-refractivity contribution in [1.29, 1.82) is 0 Å². The van der Waals surface area contributed by atoms with E-state index >= 15 is 0 Å². The van der Waals surface area contributed by atoms with Crippen molar-refractivity contribution >= 4 is 12.0 Å². The van der Waals surface area contributed by atoms with E-state index in [4.69, 9.17) is 14.6 Å². The number of carbonyl (C=O) groups is 2. The Morgan fingerprint density at radius 1 is 1.44 bits per heavy atom. The lowest BCUT2D eigenvalue weighted by Gasteiger charge is -2.38. The third kappa shape index (κ3) is 4.50. The Morgan fingerprint density at radius 2 is 2.11 bits per heavy atom. The third-order valence-electron chi connectivity index (χ3n) is 2.87. The average molecular weight is 260 g/mol. The maximum absolute atomic E-state index is 11.7. The molecule has 1 saturated heterocycles. The van der Waals surface area contributed by atoms with Crippen LogP contribution in [0, 0.1) is 5.92 Å². The quantitative estimate of drug-likeness (QED) is 0.660. The van der Waals surface area contributed by atoms with E-state index in [9.17, 15) is 9.59 Å². The van der Waals surface area contributed by atoms with Crippen LogP contribution in [-0.2, 0) is 14.3 Å². The van der Waals surface area contributed by atoms with Gasteiger partial charge in [-0.15, -0.1) is 0 Å². The van der Waals surface area contributed by atoms with Gasteiger partial charge < -0.3 is 24.8 Å². The van der Waals surface area contributed by atoms with Crippen LogP contribution in [0.5, 0.6) is 0 Å². The summed E-state index contributed by atoms with van der Waals surface area (Å²) < 4.78 is 10.0. The van der Waals surface area contributed by atoms with Gasteiger partial charge in [0.05, 0.1) is 19.1 Å². The second kappa shape index (κ2) is 7.17. The number of carboxylic acids is 1. The van der Waals surface area contributed by atoms with Crippen LogP contribution in [0.25, 0.3) is 0 Å². The first kappa shape index (κ1) is 14.7. The minimum absolute atomic E-state index is 0.0745. The summed E-state index contributed by atoms with van der Waals surface area (Å²) in [7, 11) is 3.13. The number of ether oxygens (including phenoxy) is 2. The molecule has 0 aliphatic carbocycles. The van der Waals surface area contributed by atoms with Gasteiger partial charge in [-0.1, -0.05) is 0 Å². The molecule has 18 heavy (non-hydrogen) atoms. The Balaban J connectivity index is 2.17. The zero-order valence-electron chi connectivity index (χ0n) is 10.7. The number of carboxylic acid groups (broad SMARTS) is 1. The fraction of sp³-hybridized carbons (Fsp3) is 0.818. The highest BCUT2D eigenvalue weighted by Crippen LogP contribution is 2.18. The van der Waals surface area contributed by atoms with E-state index in [2.05, 4.69) is 5.32 Å². The van der Waals surface area contributed by atoms with Crippen LogP contribution >= 0.6 is 0 Å². The predicted molar refractivity (Wildman–Crippen MR) is 63.4 cm³/mol. The molecular formula is C11H20N2O5. The van der Waals surface area contributed by atoms with Gasteiger partial charge in [0.2, 0.25) is 0 Å². The smallest absolute Gasteiger partial charge is 0.317 e. The molecule has 7 nitrogen and oxygen atoms in total. The predicted octanol–water partition coefficient (Wildman–Crippen LogP) is -0.236. The largest absolute Gasteiger partial charge is 0.481 e. The van der Waals surface area contributed by atoms with Crippen molar-refractivity contribution in [1.82, 2.24) is 10.2 Å². The van der Waals surface area contributed by atoms with Crippen molar-refractivity contribution in [2.45, 2.75) is 12.5 Å². The van der Waals surface area contributed by atoms with E-state index in [1.165, 1.54) is 0 Å². The summed E-state index contributed by atoms with van der Waals surface area (Å²) in [6, 6.07) is -0.185. The summed E-state index contributed by atoms with van der Waals surface area (Å²) in [6.07, 6.45) is -0.0521. The molecule has 1 aliphatic rings. The van der Waals surface area contributed by atoms with E-state index in [1.807, 2.05) is 0 Å². The fourth-order valence-electron chi connectivity index (χ4n) is 1.82. The first-order chi connectivity index (χ1) is 8.56. The lowest BCUT2D eigenvalue weighted by Crippen LogP contribution is -2.55. The van der Waals surface area contributed by atoms with Crippen LogP contribution < -0.4 is 5.32 Å². The zero-order chi connectivity index (χ0) is 13.5. The van der Waals surface area contributed by atoms with Gasteiger partial charge in [0.1, 0.15) is 0 Å². The van der Waals surface area contributed by atoms with E-state index in [0.29, 0.717) is 26.2 Å². The van der Waals surface area contributed by atoms with Gasteiger partial charge in [-0.2, -0.15) is 0 Å². The van der Waals surface area contributed by atoms with E-state index in [0.717, 1.165) is 0 Å². The standard InChI is InChI=1S/C11H20N2O5/c1-17-7-9(18-2)4-12-11(16)13-5-8(6-13)3-10(14)15/h8-9H,3-7H2,1-2H3,(H,12,16)(H,14,15). The second-order valence-corrected chi connectivity index (χ2v) is 4.37. The number of likely N-dealkylation sites (tertiary alicyclic amines) is 1. The third-order valence-corrected chi connectivity index (χ3v) is 2.87. The van der Waals surface area contributed by atoms with Crippen LogP contribution in [-0.4, -0.2) is 68.6 Å². The molecule has 0 saturated carbocycles. The van der Waals surface area contributed by atoms with Gasteiger partial charge in [0.15, 0.2) is 0 Å². The summed E-state index contributed by atoms with van der Waals surface area (Å²) in [5, 5.41) is 11.3. The number of methoxy groups -OCH3 is 2. The molecule has 0 aromatic heterocycles. The van der Waals surface area contributed by atoms with Crippen LogP contribution in [0.1, 0.15) is 6.42 Å². The van der Waals surface area contributed by atoms with Gasteiger partial charge in [-0.25, -0.2) is 4.79 Å². The van der Waals surface area contributed by atoms with Gasteiger partial charge in [0, 0.05) is 39.8 Å². The minimum Gasteiger partial charge on any atom is -0.481 e. The molecule has 0 radical (unpaired) electrons. The molecule has 0 spiro atoms. The molecular weight excluding hydrogens is 240 g/mol. The summed E-state index contributed by atoms with van der Waals surface area (Å²) in [4.78, 5) is 23.7. The number of amides is 2. The molecule has 0 aromatic rings. The molecule has 1 atom stereocenters. The molecule has 0 aromatic carbocycles. The number of nitrogens with one attached hydrogen (secondary N) is 1. The van der Waals surface area contributed by atoms with Crippen molar-refractivity contribution in [3.8, 4) is 0 Å². The molecule has 1 heterocycles. The fourth-order valence-corrected chi connectivity index (χ4v) is 1.82. The lowest BCUT2D eigenvalue weighted by molar-refractivity contribution is -0.139. The molecule has 1 aliphatic heterocycles. The molecule has 0 bridgehead atoms. The number of carbonyl (C=O) groups excluding carboxylic acids is 1. The van der Waals surface area contributed by atoms with E-state index in [-0.39, 0.29) is 24.5 Å². The van der Waals surface area contributed by atoms with Crippen molar-refractivity contribution in [3.63, 3.8) is 0 Å². The number of rotatable bonds is 7. The number of aliphatic carboxylic acids is 1. The van der Waals surface area contributed by atoms with Crippen LogP contribution in [0.2, 0.25) is 0 Å². The van der Waals surface area contributed by atoms with Crippen LogP contribution in [0.4, 0.5) is 4.79 Å². The van der Waals surface area contributed by atoms with Gasteiger partial charge in [-0.3, -0.25) is 4.79 Å². The normalized spacial score (nSPS) is 17.1. The molecule has 7 heteroatoms. The Bertz CT molecular complexity index is 291. The van der Waals surface area contributed by atoms with Gasteiger partial charge in [0.25, 0.3) is 0 Å². The highest BCUT2D eigenvalue weighted by atomic mass is 16.5. The maximum atomic E-state index is 11.7. The number of urea groups is 1. The van der Waals surface area contributed by atoms with Crippen LogP contribution in [0.15, 0.2) is 0 Å². The van der Waals surface area contributed by atoms with E-state index in [1.54, 1.807) is 19.1 Å². The highest BCUT2D eigenvalue weighted by molar-refractivity contribution is 5.75. The summed E-state index contributed by atoms with van der Waals surface area (Å²) in [6.45, 7) is 1.79. The van der Waals surface area contributed by atoms with Crippen molar-refractivity contribution in [2.75, 3.05) is 40.5 Å².